The molecule has 0 fully saturated rings. The fraction of sp³-hybridized carbons (Fsp3) is 0.200. The van der Waals surface area contributed by atoms with E-state index in [1.165, 1.54) is 0 Å². The monoisotopic (exact) mass is 266 g/mol. The van der Waals surface area contributed by atoms with Crippen LogP contribution in [0.2, 0.25) is 0 Å². The van der Waals surface area contributed by atoms with Crippen molar-refractivity contribution in [2.45, 2.75) is 0 Å². The van der Waals surface area contributed by atoms with Gasteiger partial charge >= 0.3 is 0 Å². The molecule has 5 heteroatoms. The van der Waals surface area contributed by atoms with Crippen molar-refractivity contribution in [3.8, 4) is 5.75 Å². The van der Waals surface area contributed by atoms with Crippen molar-refractivity contribution in [2.24, 2.45) is 0 Å². The summed E-state index contributed by atoms with van der Waals surface area (Å²) in [7, 11) is 1.58. The number of halogens is 2. The third-order valence-corrected chi connectivity index (χ3v) is 1.84. The first kappa shape index (κ1) is 7.94. The Hall–Kier alpha value is -0.160. The van der Waals surface area contributed by atoms with E-state index in [4.69, 9.17) is 4.74 Å². The van der Waals surface area contributed by atoms with Gasteiger partial charge in [-0.3, -0.25) is 0 Å². The molecular formula is C5H4Br2N2O. The van der Waals surface area contributed by atoms with Crippen molar-refractivity contribution in [3.63, 3.8) is 0 Å². The van der Waals surface area contributed by atoms with Gasteiger partial charge in [0.05, 0.1) is 7.11 Å². The van der Waals surface area contributed by atoms with E-state index in [0.717, 1.165) is 0 Å². The second-order valence-corrected chi connectivity index (χ2v) is 3.09. The molecule has 0 N–H and O–H groups in total. The van der Waals surface area contributed by atoms with Crippen LogP contribution in [-0.4, -0.2) is 17.3 Å². The molecule has 1 aromatic rings. The Kier molecular flexibility index (Phi) is 2.62. The lowest BCUT2D eigenvalue weighted by Gasteiger charge is -1.99. The van der Waals surface area contributed by atoms with E-state index in [1.807, 2.05) is 0 Å². The summed E-state index contributed by atoms with van der Waals surface area (Å²) in [5.74, 6) is 0.668. The topological polar surface area (TPSA) is 35.0 Å². The zero-order chi connectivity index (χ0) is 7.56. The van der Waals surface area contributed by atoms with Crippen molar-refractivity contribution in [1.82, 2.24) is 10.2 Å². The molecule has 0 aliphatic heterocycles. The van der Waals surface area contributed by atoms with Crippen molar-refractivity contribution in [1.29, 1.82) is 0 Å². The maximum Gasteiger partial charge on any atom is 0.170 e. The maximum atomic E-state index is 4.95. The zero-order valence-corrected chi connectivity index (χ0v) is 8.31. The molecule has 1 aromatic heterocycles. The zero-order valence-electron chi connectivity index (χ0n) is 5.14. The number of nitrogens with zero attached hydrogens (tertiary/aromatic N) is 2. The highest BCUT2D eigenvalue weighted by Gasteiger charge is 2.01. The Balaban J connectivity index is 3.09. The van der Waals surface area contributed by atoms with E-state index in [1.54, 1.807) is 13.2 Å². The first-order chi connectivity index (χ1) is 4.74. The summed E-state index contributed by atoms with van der Waals surface area (Å²) in [6.07, 6.45) is 0. The third kappa shape index (κ3) is 1.67. The van der Waals surface area contributed by atoms with Gasteiger partial charge in [-0.05, 0) is 31.9 Å². The summed E-state index contributed by atoms with van der Waals surface area (Å²) in [4.78, 5) is 0. The molecule has 1 heterocycles. The Morgan fingerprint density at radius 1 is 1.40 bits per heavy atom. The van der Waals surface area contributed by atoms with Crippen LogP contribution in [0.5, 0.6) is 5.75 Å². The Morgan fingerprint density at radius 3 is 2.60 bits per heavy atom. The summed E-state index contributed by atoms with van der Waals surface area (Å²) in [6, 6.07) is 1.73. The highest BCUT2D eigenvalue weighted by molar-refractivity contribution is 9.10. The fourth-order valence-electron chi connectivity index (χ4n) is 0.481. The van der Waals surface area contributed by atoms with Crippen molar-refractivity contribution in [2.75, 3.05) is 7.11 Å². The molecule has 0 radical (unpaired) electrons. The third-order valence-electron chi connectivity index (χ3n) is 0.907. The fourth-order valence-corrected chi connectivity index (χ4v) is 1.12. The predicted molar refractivity (Wildman–Crippen MR) is 44.0 cm³/mol. The lowest BCUT2D eigenvalue weighted by molar-refractivity contribution is 0.407. The molecule has 0 spiro atoms. The predicted octanol–water partition coefficient (Wildman–Crippen LogP) is 2.01. The standard InChI is InChI=1S/C5H4Br2N2O/c1-10-3-2-4(6)8-9-5(3)7/h2H,1H3. The highest BCUT2D eigenvalue weighted by Crippen LogP contribution is 2.23. The van der Waals surface area contributed by atoms with Gasteiger partial charge in [0.15, 0.2) is 10.4 Å². The molecule has 0 saturated carbocycles. The summed E-state index contributed by atoms with van der Waals surface area (Å²) in [5, 5.41) is 7.47. The van der Waals surface area contributed by atoms with Crippen LogP contribution in [0.1, 0.15) is 0 Å². The first-order valence-corrected chi connectivity index (χ1v) is 4.05. The van der Waals surface area contributed by atoms with Gasteiger partial charge in [-0.2, -0.15) is 0 Å². The molecule has 1 rings (SSSR count). The number of aromatic nitrogens is 2. The van der Waals surface area contributed by atoms with Crippen LogP contribution in [0.15, 0.2) is 15.3 Å². The molecule has 0 bridgehead atoms. The van der Waals surface area contributed by atoms with Gasteiger partial charge in [0.25, 0.3) is 0 Å². The summed E-state index contributed by atoms with van der Waals surface area (Å²) in [6.45, 7) is 0. The molecular weight excluding hydrogens is 264 g/mol. The van der Waals surface area contributed by atoms with Crippen LogP contribution >= 0.6 is 31.9 Å². The average Bonchev–Trinajstić information content (AvgIpc) is 1.94. The highest BCUT2D eigenvalue weighted by atomic mass is 79.9. The Labute approximate surface area is 75.1 Å². The SMILES string of the molecule is COc1cc(Br)nnc1Br. The quantitative estimate of drug-likeness (QED) is 0.781. The van der Waals surface area contributed by atoms with Gasteiger partial charge in [-0.25, -0.2) is 0 Å². The number of ether oxygens (including phenoxy) is 1. The summed E-state index contributed by atoms with van der Waals surface area (Å²) in [5.41, 5.74) is 0. The van der Waals surface area contributed by atoms with Crippen LogP contribution in [0, 0.1) is 0 Å². The van der Waals surface area contributed by atoms with Gasteiger partial charge in [0, 0.05) is 6.07 Å². The van der Waals surface area contributed by atoms with Gasteiger partial charge in [-0.1, -0.05) is 0 Å². The minimum absolute atomic E-state index is 0.609. The van der Waals surface area contributed by atoms with E-state index < -0.39 is 0 Å². The largest absolute Gasteiger partial charge is 0.494 e. The number of hydrogen-bond donors (Lipinski definition) is 0. The van der Waals surface area contributed by atoms with Crippen LogP contribution in [0.25, 0.3) is 0 Å². The Morgan fingerprint density at radius 2 is 2.10 bits per heavy atom. The molecule has 0 aliphatic carbocycles. The smallest absolute Gasteiger partial charge is 0.170 e. The molecule has 0 saturated heterocycles. The van der Waals surface area contributed by atoms with E-state index in [0.29, 0.717) is 15.0 Å². The van der Waals surface area contributed by atoms with E-state index in [9.17, 15) is 0 Å². The maximum absolute atomic E-state index is 4.95. The normalized spacial score (nSPS) is 9.50. The molecule has 0 aromatic carbocycles. The van der Waals surface area contributed by atoms with Gasteiger partial charge in [0.2, 0.25) is 0 Å². The lowest BCUT2D eigenvalue weighted by Crippen LogP contribution is -1.89. The van der Waals surface area contributed by atoms with Crippen LogP contribution in [0.3, 0.4) is 0 Å². The second-order valence-electron chi connectivity index (χ2n) is 1.53. The van der Waals surface area contributed by atoms with Gasteiger partial charge in [0.1, 0.15) is 4.60 Å². The molecule has 0 aliphatic rings. The summed E-state index contributed by atoms with van der Waals surface area (Å²) < 4.78 is 6.22. The van der Waals surface area contributed by atoms with E-state index in [-0.39, 0.29) is 0 Å². The average molecular weight is 268 g/mol. The minimum Gasteiger partial charge on any atom is -0.494 e. The second kappa shape index (κ2) is 3.30. The van der Waals surface area contributed by atoms with Crippen molar-refractivity contribution < 1.29 is 4.74 Å². The molecule has 0 atom stereocenters. The first-order valence-electron chi connectivity index (χ1n) is 2.46. The molecule has 3 nitrogen and oxygen atoms in total. The van der Waals surface area contributed by atoms with Crippen LogP contribution in [-0.2, 0) is 0 Å². The number of hydrogen-bond acceptors (Lipinski definition) is 3. The van der Waals surface area contributed by atoms with Crippen LogP contribution < -0.4 is 4.74 Å². The molecule has 0 unspecified atom stereocenters. The van der Waals surface area contributed by atoms with Gasteiger partial charge < -0.3 is 4.74 Å². The van der Waals surface area contributed by atoms with E-state index >= 15 is 0 Å². The number of rotatable bonds is 1. The number of methoxy groups -OCH3 is 1. The minimum atomic E-state index is 0.609. The Bertz CT molecular complexity index is 241. The summed E-state index contributed by atoms with van der Waals surface area (Å²) >= 11 is 6.33. The van der Waals surface area contributed by atoms with Gasteiger partial charge in [-0.15, -0.1) is 10.2 Å². The van der Waals surface area contributed by atoms with Crippen molar-refractivity contribution >= 4 is 31.9 Å². The van der Waals surface area contributed by atoms with E-state index in [2.05, 4.69) is 42.1 Å². The molecule has 54 valence electrons. The van der Waals surface area contributed by atoms with Crippen molar-refractivity contribution in [3.05, 3.63) is 15.3 Å². The molecule has 10 heavy (non-hydrogen) atoms. The lowest BCUT2D eigenvalue weighted by atomic mass is 10.5. The molecule has 0 amide bonds. The van der Waals surface area contributed by atoms with Crippen LogP contribution in [0.4, 0.5) is 0 Å².